The predicted octanol–water partition coefficient (Wildman–Crippen LogP) is 3.85. The standard InChI is InChI=1S/C19H20O3/c1-2-21-19(20)18(15-17-11-7-4-8-12-17)22-14-13-16-9-5-3-6-10-16/h3-12,15H,2,13-14H2,1H3. The van der Waals surface area contributed by atoms with E-state index in [0.29, 0.717) is 13.2 Å². The van der Waals surface area contributed by atoms with Crippen LogP contribution >= 0.6 is 0 Å². The minimum absolute atomic E-state index is 0.240. The zero-order valence-corrected chi connectivity index (χ0v) is 12.7. The minimum atomic E-state index is -0.431. The fourth-order valence-corrected chi connectivity index (χ4v) is 1.99. The summed E-state index contributed by atoms with van der Waals surface area (Å²) in [6.45, 7) is 2.54. The lowest BCUT2D eigenvalue weighted by molar-refractivity contribution is -0.142. The van der Waals surface area contributed by atoms with Crippen LogP contribution in [0.25, 0.3) is 6.08 Å². The monoisotopic (exact) mass is 296 g/mol. The van der Waals surface area contributed by atoms with E-state index in [1.807, 2.05) is 60.7 Å². The zero-order chi connectivity index (χ0) is 15.6. The van der Waals surface area contributed by atoms with Crippen LogP contribution in [0.15, 0.2) is 66.4 Å². The van der Waals surface area contributed by atoms with E-state index in [1.54, 1.807) is 13.0 Å². The molecule has 0 aliphatic heterocycles. The molecule has 3 nitrogen and oxygen atoms in total. The molecule has 0 saturated carbocycles. The molecule has 0 fully saturated rings. The third kappa shape index (κ3) is 5.09. The molecule has 0 saturated heterocycles. The first-order chi connectivity index (χ1) is 10.8. The molecule has 22 heavy (non-hydrogen) atoms. The van der Waals surface area contributed by atoms with E-state index < -0.39 is 5.97 Å². The number of benzene rings is 2. The molecular weight excluding hydrogens is 276 g/mol. The number of esters is 1. The number of hydrogen-bond donors (Lipinski definition) is 0. The van der Waals surface area contributed by atoms with Crippen LogP contribution in [-0.4, -0.2) is 19.2 Å². The van der Waals surface area contributed by atoms with Gasteiger partial charge >= 0.3 is 5.97 Å². The average Bonchev–Trinajstić information content (AvgIpc) is 2.56. The largest absolute Gasteiger partial charge is 0.486 e. The van der Waals surface area contributed by atoms with Gasteiger partial charge in [0, 0.05) is 6.42 Å². The summed E-state index contributed by atoms with van der Waals surface area (Å²) < 4.78 is 10.7. The molecule has 0 unspecified atom stereocenters. The van der Waals surface area contributed by atoms with Crippen molar-refractivity contribution in [2.24, 2.45) is 0 Å². The maximum atomic E-state index is 12.0. The Bertz CT molecular complexity index is 603. The highest BCUT2D eigenvalue weighted by atomic mass is 16.6. The third-order valence-corrected chi connectivity index (χ3v) is 3.07. The van der Waals surface area contributed by atoms with E-state index in [0.717, 1.165) is 12.0 Å². The van der Waals surface area contributed by atoms with Crippen molar-refractivity contribution < 1.29 is 14.3 Å². The van der Waals surface area contributed by atoms with Gasteiger partial charge in [0.15, 0.2) is 0 Å². The number of ether oxygens (including phenoxy) is 2. The van der Waals surface area contributed by atoms with Crippen molar-refractivity contribution >= 4 is 12.0 Å². The topological polar surface area (TPSA) is 35.5 Å². The van der Waals surface area contributed by atoms with Gasteiger partial charge in [-0.25, -0.2) is 4.79 Å². The molecule has 3 heteroatoms. The second-order valence-electron chi connectivity index (χ2n) is 4.72. The fourth-order valence-electron chi connectivity index (χ4n) is 1.99. The quantitative estimate of drug-likeness (QED) is 0.442. The van der Waals surface area contributed by atoms with Crippen molar-refractivity contribution in [2.45, 2.75) is 13.3 Å². The van der Waals surface area contributed by atoms with E-state index in [9.17, 15) is 4.79 Å². The number of carbonyl (C=O) groups excluding carboxylic acids is 1. The Morgan fingerprint density at radius 3 is 2.23 bits per heavy atom. The summed E-state index contributed by atoms with van der Waals surface area (Å²) in [6.07, 6.45) is 2.45. The molecule has 0 aliphatic rings. The maximum absolute atomic E-state index is 12.0. The van der Waals surface area contributed by atoms with Crippen molar-refractivity contribution in [2.75, 3.05) is 13.2 Å². The normalized spacial score (nSPS) is 11.0. The average molecular weight is 296 g/mol. The highest BCUT2D eigenvalue weighted by Gasteiger charge is 2.12. The van der Waals surface area contributed by atoms with E-state index >= 15 is 0 Å². The predicted molar refractivity (Wildman–Crippen MR) is 87.2 cm³/mol. The van der Waals surface area contributed by atoms with Crippen LogP contribution in [0.1, 0.15) is 18.1 Å². The van der Waals surface area contributed by atoms with Gasteiger partial charge in [-0.05, 0) is 24.1 Å². The van der Waals surface area contributed by atoms with Crippen LogP contribution in [0.2, 0.25) is 0 Å². The van der Waals surface area contributed by atoms with E-state index in [1.165, 1.54) is 5.56 Å². The Kier molecular flexibility index (Phi) is 6.24. The Hall–Kier alpha value is -2.55. The Morgan fingerprint density at radius 1 is 0.955 bits per heavy atom. The third-order valence-electron chi connectivity index (χ3n) is 3.07. The van der Waals surface area contributed by atoms with Crippen molar-refractivity contribution in [3.05, 3.63) is 77.5 Å². The van der Waals surface area contributed by atoms with Gasteiger partial charge in [0.1, 0.15) is 0 Å². The molecule has 0 heterocycles. The summed E-state index contributed by atoms with van der Waals surface area (Å²) in [7, 11) is 0. The van der Waals surface area contributed by atoms with Gasteiger partial charge in [0.2, 0.25) is 5.76 Å². The molecule has 0 aromatic heterocycles. The SMILES string of the molecule is CCOC(=O)C(=Cc1ccccc1)OCCc1ccccc1. The summed E-state index contributed by atoms with van der Waals surface area (Å²) in [6, 6.07) is 19.6. The van der Waals surface area contributed by atoms with Gasteiger partial charge in [-0.15, -0.1) is 0 Å². The Morgan fingerprint density at radius 2 is 1.59 bits per heavy atom. The molecule has 0 spiro atoms. The minimum Gasteiger partial charge on any atom is -0.486 e. The lowest BCUT2D eigenvalue weighted by Gasteiger charge is -2.10. The van der Waals surface area contributed by atoms with Crippen LogP contribution in [0.3, 0.4) is 0 Å². The van der Waals surface area contributed by atoms with Gasteiger partial charge in [-0.3, -0.25) is 0 Å². The van der Waals surface area contributed by atoms with E-state index in [4.69, 9.17) is 9.47 Å². The van der Waals surface area contributed by atoms with E-state index in [2.05, 4.69) is 0 Å². The lowest BCUT2D eigenvalue weighted by atomic mass is 10.2. The molecule has 0 radical (unpaired) electrons. The van der Waals surface area contributed by atoms with Crippen molar-refractivity contribution in [1.82, 2.24) is 0 Å². The Balaban J connectivity index is 2.02. The summed E-state index contributed by atoms with van der Waals surface area (Å²) in [5, 5.41) is 0. The first-order valence-electron chi connectivity index (χ1n) is 7.40. The van der Waals surface area contributed by atoms with Gasteiger partial charge < -0.3 is 9.47 Å². The molecule has 114 valence electrons. The summed E-state index contributed by atoms with van der Waals surface area (Å²) >= 11 is 0. The molecule has 0 amide bonds. The van der Waals surface area contributed by atoms with Gasteiger partial charge in [0.05, 0.1) is 13.2 Å². The molecule has 2 aromatic rings. The first-order valence-corrected chi connectivity index (χ1v) is 7.40. The number of carbonyl (C=O) groups is 1. The van der Waals surface area contributed by atoms with Gasteiger partial charge in [0.25, 0.3) is 0 Å². The van der Waals surface area contributed by atoms with Crippen LogP contribution in [-0.2, 0) is 20.7 Å². The molecule has 0 atom stereocenters. The molecule has 0 aliphatic carbocycles. The van der Waals surface area contributed by atoms with Crippen LogP contribution in [0.4, 0.5) is 0 Å². The highest BCUT2D eigenvalue weighted by molar-refractivity contribution is 5.91. The Labute approximate surface area is 131 Å². The molecule has 0 N–H and O–H groups in total. The molecule has 0 bridgehead atoms. The summed E-state index contributed by atoms with van der Waals surface area (Å²) in [4.78, 5) is 12.0. The number of hydrogen-bond acceptors (Lipinski definition) is 3. The van der Waals surface area contributed by atoms with Crippen molar-refractivity contribution in [3.63, 3.8) is 0 Å². The van der Waals surface area contributed by atoms with Gasteiger partial charge in [-0.2, -0.15) is 0 Å². The smallest absolute Gasteiger partial charge is 0.373 e. The van der Waals surface area contributed by atoms with Crippen LogP contribution in [0.5, 0.6) is 0 Å². The fraction of sp³-hybridized carbons (Fsp3) is 0.211. The summed E-state index contributed by atoms with van der Waals surface area (Å²) in [5.74, 6) is -0.191. The molecule has 2 aromatic carbocycles. The van der Waals surface area contributed by atoms with E-state index in [-0.39, 0.29) is 5.76 Å². The second kappa shape index (κ2) is 8.67. The molecular formula is C19H20O3. The van der Waals surface area contributed by atoms with Crippen molar-refractivity contribution in [1.29, 1.82) is 0 Å². The number of rotatable bonds is 7. The summed E-state index contributed by atoms with van der Waals surface area (Å²) in [5.41, 5.74) is 2.08. The van der Waals surface area contributed by atoms with Crippen LogP contribution < -0.4 is 0 Å². The zero-order valence-electron chi connectivity index (χ0n) is 12.7. The second-order valence-corrected chi connectivity index (χ2v) is 4.72. The van der Waals surface area contributed by atoms with Gasteiger partial charge in [-0.1, -0.05) is 60.7 Å². The van der Waals surface area contributed by atoms with Crippen LogP contribution in [0, 0.1) is 0 Å². The van der Waals surface area contributed by atoms with Crippen molar-refractivity contribution in [3.8, 4) is 0 Å². The highest BCUT2D eigenvalue weighted by Crippen LogP contribution is 2.11. The maximum Gasteiger partial charge on any atom is 0.373 e. The lowest BCUT2D eigenvalue weighted by Crippen LogP contribution is -2.12. The first kappa shape index (κ1) is 15.8. The molecule has 2 rings (SSSR count).